The number of aryl methyl sites for hydroxylation is 1. The molecule has 3 rings (SSSR count). The van der Waals surface area contributed by atoms with Gasteiger partial charge in [-0.2, -0.15) is 4.98 Å². The van der Waals surface area contributed by atoms with Crippen LogP contribution in [0.2, 0.25) is 0 Å². The van der Waals surface area contributed by atoms with Crippen LogP contribution in [0.5, 0.6) is 0 Å². The normalized spacial score (nSPS) is 16.7. The molecule has 0 unspecified atom stereocenters. The number of hydrogen-bond donors (Lipinski definition) is 2. The van der Waals surface area contributed by atoms with Gasteiger partial charge in [-0.15, -0.1) is 11.3 Å². The molecule has 1 saturated carbocycles. The highest BCUT2D eigenvalue weighted by molar-refractivity contribution is 7.18. The molecule has 2 aromatic rings. The fourth-order valence-electron chi connectivity index (χ4n) is 2.68. The largest absolute Gasteiger partial charge is 0.376 e. The average Bonchev–Trinajstić information content (AvgIpc) is 2.78. The Kier molecular flexibility index (Phi) is 3.99. The summed E-state index contributed by atoms with van der Waals surface area (Å²) < 4.78 is 5.67. The first-order valence-electron chi connectivity index (χ1n) is 7.47. The number of fused-ring (bicyclic) bond motifs is 1. The summed E-state index contributed by atoms with van der Waals surface area (Å²) in [5, 5.41) is 7.79. The van der Waals surface area contributed by atoms with Gasteiger partial charge >= 0.3 is 0 Å². The van der Waals surface area contributed by atoms with E-state index in [1.165, 1.54) is 11.3 Å². The molecule has 2 heterocycles. The van der Waals surface area contributed by atoms with E-state index in [2.05, 4.69) is 40.5 Å². The first-order valence-corrected chi connectivity index (χ1v) is 8.28. The number of aromatic nitrogens is 2. The molecule has 0 bridgehead atoms. The Morgan fingerprint density at radius 3 is 2.76 bits per heavy atom. The van der Waals surface area contributed by atoms with Crippen molar-refractivity contribution in [2.75, 3.05) is 30.8 Å². The lowest BCUT2D eigenvalue weighted by atomic mass is 9.80. The number of anilines is 2. The minimum absolute atomic E-state index is 0.0132. The maximum absolute atomic E-state index is 5.67. The molecule has 6 heteroatoms. The molecular weight excluding hydrogens is 284 g/mol. The Hall–Kier alpha value is -1.40. The summed E-state index contributed by atoms with van der Waals surface area (Å²) in [5.41, 5.74) is -0.0132. The van der Waals surface area contributed by atoms with Crippen LogP contribution in [-0.4, -0.2) is 35.8 Å². The SMILES string of the molecule is CCNc1nc(NCC2(OC)CCC2)c2cc(C)sc2n1. The monoisotopic (exact) mass is 306 g/mol. The minimum Gasteiger partial charge on any atom is -0.376 e. The quantitative estimate of drug-likeness (QED) is 0.856. The molecule has 5 nitrogen and oxygen atoms in total. The third kappa shape index (κ3) is 2.82. The Labute approximate surface area is 129 Å². The topological polar surface area (TPSA) is 59.1 Å². The number of nitrogens with one attached hydrogen (secondary N) is 2. The van der Waals surface area contributed by atoms with Gasteiger partial charge in [-0.3, -0.25) is 0 Å². The first kappa shape index (κ1) is 14.5. The zero-order valence-electron chi connectivity index (χ0n) is 12.8. The van der Waals surface area contributed by atoms with Gasteiger partial charge in [0, 0.05) is 25.1 Å². The molecule has 0 aromatic carbocycles. The third-order valence-electron chi connectivity index (χ3n) is 4.13. The predicted molar refractivity (Wildman–Crippen MR) is 88.4 cm³/mol. The smallest absolute Gasteiger partial charge is 0.226 e. The maximum Gasteiger partial charge on any atom is 0.226 e. The van der Waals surface area contributed by atoms with Crippen molar-refractivity contribution >= 4 is 33.3 Å². The molecule has 1 aliphatic rings. The second-order valence-corrected chi connectivity index (χ2v) is 6.83. The molecule has 0 radical (unpaired) electrons. The van der Waals surface area contributed by atoms with Gasteiger partial charge < -0.3 is 15.4 Å². The van der Waals surface area contributed by atoms with Crippen molar-refractivity contribution in [1.82, 2.24) is 9.97 Å². The molecule has 21 heavy (non-hydrogen) atoms. The summed E-state index contributed by atoms with van der Waals surface area (Å²) in [6.45, 7) is 5.77. The Bertz CT molecular complexity index is 630. The van der Waals surface area contributed by atoms with Crippen LogP contribution in [0.15, 0.2) is 6.07 Å². The van der Waals surface area contributed by atoms with E-state index in [1.54, 1.807) is 18.4 Å². The number of thiophene rings is 1. The van der Waals surface area contributed by atoms with Gasteiger partial charge in [0.05, 0.1) is 11.0 Å². The summed E-state index contributed by atoms with van der Waals surface area (Å²) in [4.78, 5) is 11.5. The van der Waals surface area contributed by atoms with Crippen LogP contribution < -0.4 is 10.6 Å². The summed E-state index contributed by atoms with van der Waals surface area (Å²) >= 11 is 1.70. The van der Waals surface area contributed by atoms with Gasteiger partial charge in [0.2, 0.25) is 5.95 Å². The van der Waals surface area contributed by atoms with Crippen LogP contribution in [0.25, 0.3) is 10.2 Å². The number of methoxy groups -OCH3 is 1. The number of ether oxygens (including phenoxy) is 1. The van der Waals surface area contributed by atoms with Crippen molar-refractivity contribution in [3.05, 3.63) is 10.9 Å². The molecule has 0 aliphatic heterocycles. The van der Waals surface area contributed by atoms with Crippen molar-refractivity contribution in [3.8, 4) is 0 Å². The van der Waals surface area contributed by atoms with Crippen LogP contribution >= 0.6 is 11.3 Å². The standard InChI is InChI=1S/C15H22N4OS/c1-4-16-14-18-12(11-8-10(2)21-13(11)19-14)17-9-15(20-3)6-5-7-15/h8H,4-7,9H2,1-3H3,(H2,16,17,18,19). The van der Waals surface area contributed by atoms with E-state index in [9.17, 15) is 0 Å². The Balaban J connectivity index is 1.88. The Morgan fingerprint density at radius 1 is 1.33 bits per heavy atom. The van der Waals surface area contributed by atoms with Gasteiger partial charge in [0.15, 0.2) is 0 Å². The van der Waals surface area contributed by atoms with Crippen LogP contribution in [0.1, 0.15) is 31.1 Å². The van der Waals surface area contributed by atoms with Crippen molar-refractivity contribution in [2.24, 2.45) is 0 Å². The van der Waals surface area contributed by atoms with E-state index < -0.39 is 0 Å². The van der Waals surface area contributed by atoms with E-state index >= 15 is 0 Å². The highest BCUT2D eigenvalue weighted by atomic mass is 32.1. The molecule has 2 aromatic heterocycles. The lowest BCUT2D eigenvalue weighted by Crippen LogP contribution is -2.45. The zero-order valence-corrected chi connectivity index (χ0v) is 13.6. The van der Waals surface area contributed by atoms with Gasteiger partial charge in [-0.05, 0) is 39.2 Å². The highest BCUT2D eigenvalue weighted by Gasteiger charge is 2.36. The second kappa shape index (κ2) is 5.77. The number of hydrogen-bond acceptors (Lipinski definition) is 6. The summed E-state index contributed by atoms with van der Waals surface area (Å²) in [5.74, 6) is 1.60. The molecule has 0 atom stereocenters. The fourth-order valence-corrected chi connectivity index (χ4v) is 3.56. The average molecular weight is 306 g/mol. The number of nitrogens with zero attached hydrogens (tertiary/aromatic N) is 2. The first-order chi connectivity index (χ1) is 10.2. The second-order valence-electron chi connectivity index (χ2n) is 5.60. The van der Waals surface area contributed by atoms with Gasteiger partial charge in [0.1, 0.15) is 10.6 Å². The molecule has 0 spiro atoms. The van der Waals surface area contributed by atoms with Crippen molar-refractivity contribution < 1.29 is 4.74 Å². The number of rotatable bonds is 6. The van der Waals surface area contributed by atoms with Crippen LogP contribution in [0.4, 0.5) is 11.8 Å². The summed E-state index contributed by atoms with van der Waals surface area (Å²) in [7, 11) is 1.80. The van der Waals surface area contributed by atoms with E-state index in [0.717, 1.165) is 42.0 Å². The van der Waals surface area contributed by atoms with Crippen LogP contribution in [-0.2, 0) is 4.74 Å². The van der Waals surface area contributed by atoms with Crippen molar-refractivity contribution in [3.63, 3.8) is 0 Å². The van der Waals surface area contributed by atoms with Crippen molar-refractivity contribution in [2.45, 2.75) is 38.7 Å². The third-order valence-corrected chi connectivity index (χ3v) is 5.07. The maximum atomic E-state index is 5.67. The summed E-state index contributed by atoms with van der Waals surface area (Å²) in [6, 6.07) is 2.15. The summed E-state index contributed by atoms with van der Waals surface area (Å²) in [6.07, 6.45) is 3.48. The lowest BCUT2D eigenvalue weighted by molar-refractivity contribution is -0.0601. The van der Waals surface area contributed by atoms with Crippen molar-refractivity contribution in [1.29, 1.82) is 0 Å². The van der Waals surface area contributed by atoms with Gasteiger partial charge in [-0.25, -0.2) is 4.98 Å². The predicted octanol–water partition coefficient (Wildman–Crippen LogP) is 3.41. The van der Waals surface area contributed by atoms with Crippen LogP contribution in [0.3, 0.4) is 0 Å². The van der Waals surface area contributed by atoms with E-state index in [-0.39, 0.29) is 5.60 Å². The minimum atomic E-state index is -0.0132. The molecular formula is C15H22N4OS. The zero-order chi connectivity index (χ0) is 14.9. The molecule has 2 N–H and O–H groups in total. The van der Waals surface area contributed by atoms with E-state index in [4.69, 9.17) is 4.74 Å². The van der Waals surface area contributed by atoms with Gasteiger partial charge in [-0.1, -0.05) is 0 Å². The molecule has 1 aliphatic carbocycles. The molecule has 114 valence electrons. The highest BCUT2D eigenvalue weighted by Crippen LogP contribution is 2.36. The van der Waals surface area contributed by atoms with E-state index in [0.29, 0.717) is 5.95 Å². The molecule has 0 saturated heterocycles. The van der Waals surface area contributed by atoms with E-state index in [1.807, 2.05) is 0 Å². The lowest BCUT2D eigenvalue weighted by Gasteiger charge is -2.40. The Morgan fingerprint density at radius 2 is 2.14 bits per heavy atom. The molecule has 0 amide bonds. The van der Waals surface area contributed by atoms with Crippen LogP contribution in [0, 0.1) is 6.92 Å². The van der Waals surface area contributed by atoms with Gasteiger partial charge in [0.25, 0.3) is 0 Å². The fraction of sp³-hybridized carbons (Fsp3) is 0.600. The molecule has 1 fully saturated rings.